The minimum absolute atomic E-state index is 0.657. The van der Waals surface area contributed by atoms with Crippen LogP contribution >= 0.6 is 0 Å². The number of benzene rings is 1. The molecule has 0 saturated carbocycles. The summed E-state index contributed by atoms with van der Waals surface area (Å²) < 4.78 is 8.06. The van der Waals surface area contributed by atoms with E-state index in [0.29, 0.717) is 6.61 Å². The van der Waals surface area contributed by atoms with E-state index in [2.05, 4.69) is 40.8 Å². The van der Waals surface area contributed by atoms with Gasteiger partial charge >= 0.3 is 0 Å². The lowest BCUT2D eigenvalue weighted by Crippen LogP contribution is -2.11. The van der Waals surface area contributed by atoms with E-state index in [-0.39, 0.29) is 0 Å². The van der Waals surface area contributed by atoms with E-state index >= 15 is 0 Å². The summed E-state index contributed by atoms with van der Waals surface area (Å²) in [4.78, 5) is 4.21. The van der Waals surface area contributed by atoms with Gasteiger partial charge in [0, 0.05) is 18.9 Å². The molecule has 0 atom stereocenters. The number of aromatic nitrogens is 2. The van der Waals surface area contributed by atoms with E-state index < -0.39 is 0 Å². The van der Waals surface area contributed by atoms with Crippen molar-refractivity contribution in [3.05, 3.63) is 47.0 Å². The second-order valence-electron chi connectivity index (χ2n) is 5.11. The van der Waals surface area contributed by atoms with Gasteiger partial charge in [-0.25, -0.2) is 4.98 Å². The molecule has 0 fully saturated rings. The van der Waals surface area contributed by atoms with E-state index in [1.807, 2.05) is 26.4 Å². The largest absolute Gasteiger partial charge is 0.491 e. The highest BCUT2D eigenvalue weighted by molar-refractivity contribution is 5.43. The van der Waals surface area contributed by atoms with Crippen molar-refractivity contribution in [3.8, 4) is 5.75 Å². The minimum Gasteiger partial charge on any atom is -0.491 e. The number of ether oxygens (including phenoxy) is 1. The third-order valence-electron chi connectivity index (χ3n) is 3.40. The Morgan fingerprint density at radius 3 is 2.45 bits per heavy atom. The third-order valence-corrected chi connectivity index (χ3v) is 3.40. The van der Waals surface area contributed by atoms with Crippen LogP contribution in [0, 0.1) is 20.8 Å². The monoisotopic (exact) mass is 273 g/mol. The lowest BCUT2D eigenvalue weighted by molar-refractivity contribution is 0.293. The summed E-state index contributed by atoms with van der Waals surface area (Å²) in [6, 6.07) is 4.36. The molecule has 108 valence electrons. The van der Waals surface area contributed by atoms with Gasteiger partial charge in [-0.3, -0.25) is 0 Å². The molecular weight excluding hydrogens is 250 g/mol. The molecule has 20 heavy (non-hydrogen) atoms. The molecule has 4 nitrogen and oxygen atoms in total. The Labute approximate surface area is 120 Å². The molecule has 0 radical (unpaired) electrons. The van der Waals surface area contributed by atoms with Crippen LogP contribution in [0.25, 0.3) is 0 Å². The Bertz CT molecular complexity index is 552. The number of hydrogen-bond acceptors (Lipinski definition) is 3. The van der Waals surface area contributed by atoms with Crippen LogP contribution in [0.2, 0.25) is 0 Å². The summed E-state index contributed by atoms with van der Waals surface area (Å²) in [7, 11) is 1.96. The fourth-order valence-electron chi connectivity index (χ4n) is 2.46. The number of nitrogens with one attached hydrogen (secondary N) is 1. The van der Waals surface area contributed by atoms with E-state index in [4.69, 9.17) is 4.74 Å². The predicted octanol–water partition coefficient (Wildman–Crippen LogP) is 2.61. The zero-order valence-electron chi connectivity index (χ0n) is 12.7. The molecule has 1 aromatic carbocycles. The smallest absolute Gasteiger partial charge is 0.125 e. The van der Waals surface area contributed by atoms with Gasteiger partial charge in [0.05, 0.1) is 6.54 Å². The van der Waals surface area contributed by atoms with Gasteiger partial charge < -0.3 is 14.6 Å². The molecule has 4 heteroatoms. The fourth-order valence-corrected chi connectivity index (χ4v) is 2.46. The van der Waals surface area contributed by atoms with Gasteiger partial charge in [-0.2, -0.15) is 0 Å². The summed E-state index contributed by atoms with van der Waals surface area (Å²) in [5.41, 5.74) is 3.68. The van der Waals surface area contributed by atoms with Crippen molar-refractivity contribution in [1.82, 2.24) is 14.9 Å². The highest BCUT2D eigenvalue weighted by atomic mass is 16.5. The standard InChI is InChI=1S/C16H23N3O/c1-12-9-15(11-17-4)10-13(2)16(12)20-8-7-19-6-5-18-14(19)3/h5-6,9-10,17H,7-8,11H2,1-4H3. The van der Waals surface area contributed by atoms with Crippen LogP contribution < -0.4 is 10.1 Å². The van der Waals surface area contributed by atoms with E-state index in [1.54, 1.807) is 0 Å². The van der Waals surface area contributed by atoms with Crippen molar-refractivity contribution >= 4 is 0 Å². The number of imidazole rings is 1. The maximum atomic E-state index is 5.96. The Morgan fingerprint density at radius 1 is 1.20 bits per heavy atom. The fraction of sp³-hybridized carbons (Fsp3) is 0.438. The molecule has 0 aliphatic rings. The SMILES string of the molecule is CNCc1cc(C)c(OCCn2ccnc2C)c(C)c1. The normalized spacial score (nSPS) is 10.8. The molecule has 0 spiro atoms. The molecule has 0 saturated heterocycles. The quantitative estimate of drug-likeness (QED) is 0.879. The minimum atomic E-state index is 0.657. The Balaban J connectivity index is 2.01. The average molecular weight is 273 g/mol. The van der Waals surface area contributed by atoms with Crippen LogP contribution in [0.3, 0.4) is 0 Å². The van der Waals surface area contributed by atoms with Gasteiger partial charge in [0.15, 0.2) is 0 Å². The number of aryl methyl sites for hydroxylation is 3. The first-order chi connectivity index (χ1) is 9.61. The molecule has 1 N–H and O–H groups in total. The van der Waals surface area contributed by atoms with Crippen LogP contribution in [-0.4, -0.2) is 23.2 Å². The first kappa shape index (κ1) is 14.6. The van der Waals surface area contributed by atoms with E-state index in [9.17, 15) is 0 Å². The predicted molar refractivity (Wildman–Crippen MR) is 81.1 cm³/mol. The van der Waals surface area contributed by atoms with Crippen molar-refractivity contribution < 1.29 is 4.74 Å². The third kappa shape index (κ3) is 3.39. The summed E-state index contributed by atoms with van der Waals surface area (Å²) in [6.45, 7) is 8.57. The first-order valence-electron chi connectivity index (χ1n) is 6.97. The molecule has 1 aromatic heterocycles. The lowest BCUT2D eigenvalue weighted by atomic mass is 10.1. The maximum absolute atomic E-state index is 5.96. The highest BCUT2D eigenvalue weighted by Gasteiger charge is 2.06. The van der Waals surface area contributed by atoms with E-state index in [0.717, 1.165) is 24.7 Å². The van der Waals surface area contributed by atoms with Crippen LogP contribution in [-0.2, 0) is 13.1 Å². The van der Waals surface area contributed by atoms with Crippen LogP contribution in [0.15, 0.2) is 24.5 Å². The number of hydrogen-bond donors (Lipinski definition) is 1. The molecule has 1 heterocycles. The topological polar surface area (TPSA) is 39.1 Å². The maximum Gasteiger partial charge on any atom is 0.125 e. The van der Waals surface area contributed by atoms with Crippen LogP contribution in [0.4, 0.5) is 0 Å². The van der Waals surface area contributed by atoms with Gasteiger partial charge in [0.1, 0.15) is 18.2 Å². The Hall–Kier alpha value is -1.81. The highest BCUT2D eigenvalue weighted by Crippen LogP contribution is 2.24. The molecule has 0 amide bonds. The summed E-state index contributed by atoms with van der Waals surface area (Å²) >= 11 is 0. The molecular formula is C16H23N3O. The van der Waals surface area contributed by atoms with Crippen molar-refractivity contribution in [2.75, 3.05) is 13.7 Å². The van der Waals surface area contributed by atoms with Crippen molar-refractivity contribution in [2.24, 2.45) is 0 Å². The zero-order valence-corrected chi connectivity index (χ0v) is 12.7. The first-order valence-corrected chi connectivity index (χ1v) is 6.97. The van der Waals surface area contributed by atoms with Crippen LogP contribution in [0.1, 0.15) is 22.5 Å². The second kappa shape index (κ2) is 6.57. The van der Waals surface area contributed by atoms with Crippen molar-refractivity contribution in [1.29, 1.82) is 0 Å². The average Bonchev–Trinajstić information content (AvgIpc) is 2.79. The van der Waals surface area contributed by atoms with Crippen molar-refractivity contribution in [3.63, 3.8) is 0 Å². The molecule has 0 bridgehead atoms. The Kier molecular flexibility index (Phi) is 4.79. The molecule has 0 aliphatic heterocycles. The van der Waals surface area contributed by atoms with Gasteiger partial charge in [-0.15, -0.1) is 0 Å². The Morgan fingerprint density at radius 2 is 1.90 bits per heavy atom. The van der Waals surface area contributed by atoms with Gasteiger partial charge in [0.2, 0.25) is 0 Å². The number of nitrogens with zero attached hydrogens (tertiary/aromatic N) is 2. The summed E-state index contributed by atoms with van der Waals surface area (Å²) in [5, 5.41) is 3.17. The summed E-state index contributed by atoms with van der Waals surface area (Å²) in [5.74, 6) is 2.02. The molecule has 2 aromatic rings. The zero-order chi connectivity index (χ0) is 14.5. The van der Waals surface area contributed by atoms with E-state index in [1.165, 1.54) is 16.7 Å². The second-order valence-corrected chi connectivity index (χ2v) is 5.11. The summed E-state index contributed by atoms with van der Waals surface area (Å²) in [6.07, 6.45) is 3.80. The molecule has 0 aliphatic carbocycles. The number of rotatable bonds is 6. The lowest BCUT2D eigenvalue weighted by Gasteiger charge is -2.14. The van der Waals surface area contributed by atoms with Gasteiger partial charge in [0.25, 0.3) is 0 Å². The molecule has 2 rings (SSSR count). The van der Waals surface area contributed by atoms with Gasteiger partial charge in [-0.05, 0) is 44.5 Å². The molecule has 0 unspecified atom stereocenters. The van der Waals surface area contributed by atoms with Crippen molar-refractivity contribution in [2.45, 2.75) is 33.9 Å². The van der Waals surface area contributed by atoms with Crippen LogP contribution in [0.5, 0.6) is 5.75 Å². The van der Waals surface area contributed by atoms with Gasteiger partial charge in [-0.1, -0.05) is 12.1 Å².